The van der Waals surface area contributed by atoms with Gasteiger partial charge in [-0.25, -0.2) is 4.79 Å². The molecule has 1 saturated heterocycles. The van der Waals surface area contributed by atoms with Crippen LogP contribution in [-0.4, -0.2) is 35.9 Å². The Hall–Kier alpha value is -3.35. The minimum atomic E-state index is -0.543. The van der Waals surface area contributed by atoms with Gasteiger partial charge >= 0.3 is 11.9 Å². The zero-order valence-corrected chi connectivity index (χ0v) is 15.5. The molecular weight excluding hydrogens is 358 g/mol. The smallest absolute Gasteiger partial charge is 0.342 e. The second-order valence-electron chi connectivity index (χ2n) is 6.63. The molecule has 7 heteroatoms. The lowest BCUT2D eigenvalue weighted by atomic mass is 9.97. The topological polar surface area (TPSA) is 106 Å². The van der Waals surface area contributed by atoms with Gasteiger partial charge in [0.1, 0.15) is 17.9 Å². The lowest BCUT2D eigenvalue weighted by Crippen LogP contribution is -2.44. The number of nitrogens with two attached hydrogens (primary N) is 1. The molecule has 146 valence electrons. The molecule has 0 bridgehead atoms. The van der Waals surface area contributed by atoms with E-state index in [1.165, 1.54) is 0 Å². The number of nitrogens with zero attached hydrogens (tertiary/aromatic N) is 1. The molecule has 2 aromatic carbocycles. The Morgan fingerprint density at radius 3 is 2.36 bits per heavy atom. The van der Waals surface area contributed by atoms with E-state index in [0.29, 0.717) is 25.9 Å². The average Bonchev–Trinajstić information content (AvgIpc) is 2.73. The minimum Gasteiger partial charge on any atom is -0.457 e. The van der Waals surface area contributed by atoms with E-state index in [9.17, 15) is 9.59 Å². The first kappa shape index (κ1) is 19.4. The second kappa shape index (κ2) is 9.03. The number of carbonyl (C=O) groups excluding carboxylic acids is 2. The van der Waals surface area contributed by atoms with Crippen molar-refractivity contribution in [2.45, 2.75) is 19.4 Å². The molecule has 0 aliphatic carbocycles. The maximum atomic E-state index is 12.5. The van der Waals surface area contributed by atoms with E-state index in [-0.39, 0.29) is 35.8 Å². The fraction of sp³-hybridized carbons (Fsp3) is 0.286. The number of para-hydroxylation sites is 1. The first-order valence-electron chi connectivity index (χ1n) is 9.15. The fourth-order valence-electron chi connectivity index (χ4n) is 3.07. The second-order valence-corrected chi connectivity index (χ2v) is 6.63. The number of likely N-dealkylation sites (tertiary alicyclic amines) is 1. The highest BCUT2D eigenvalue weighted by Crippen LogP contribution is 2.24. The summed E-state index contributed by atoms with van der Waals surface area (Å²) in [5, 5.41) is 7.45. The lowest BCUT2D eigenvalue weighted by Gasteiger charge is -2.30. The number of hydrogen-bond acceptors (Lipinski definition) is 5. The minimum absolute atomic E-state index is 0.0123. The Balaban J connectivity index is 1.61. The van der Waals surface area contributed by atoms with Gasteiger partial charge in [0.15, 0.2) is 5.96 Å². The number of hydrogen-bond donors (Lipinski definition) is 2. The predicted molar refractivity (Wildman–Crippen MR) is 104 cm³/mol. The summed E-state index contributed by atoms with van der Waals surface area (Å²) >= 11 is 0. The first-order valence-corrected chi connectivity index (χ1v) is 9.15. The molecule has 0 radical (unpaired) electrons. The number of esters is 2. The zero-order valence-electron chi connectivity index (χ0n) is 15.5. The number of rotatable bonds is 5. The number of carbonyl (C=O) groups is 2. The monoisotopic (exact) mass is 381 g/mol. The molecule has 1 aliphatic rings. The van der Waals surface area contributed by atoms with Crippen molar-refractivity contribution in [3.63, 3.8) is 0 Å². The summed E-state index contributed by atoms with van der Waals surface area (Å²) in [4.78, 5) is 26.7. The summed E-state index contributed by atoms with van der Waals surface area (Å²) in [6.07, 6.45) is 1.11. The number of ether oxygens (including phenoxy) is 2. The molecule has 2 aromatic rings. The van der Waals surface area contributed by atoms with Crippen LogP contribution in [0.4, 0.5) is 0 Å². The molecule has 0 spiro atoms. The van der Waals surface area contributed by atoms with Crippen molar-refractivity contribution in [1.29, 1.82) is 5.41 Å². The van der Waals surface area contributed by atoms with Crippen LogP contribution in [0.25, 0.3) is 0 Å². The van der Waals surface area contributed by atoms with E-state index in [2.05, 4.69) is 0 Å². The highest BCUT2D eigenvalue weighted by molar-refractivity contribution is 5.93. The van der Waals surface area contributed by atoms with Gasteiger partial charge in [0, 0.05) is 13.1 Å². The highest BCUT2D eigenvalue weighted by atomic mass is 16.5. The Bertz CT molecular complexity index is 846. The lowest BCUT2D eigenvalue weighted by molar-refractivity contribution is -0.140. The molecule has 0 amide bonds. The molecule has 0 unspecified atom stereocenters. The van der Waals surface area contributed by atoms with Crippen LogP contribution < -0.4 is 10.5 Å². The molecule has 0 saturated carbocycles. The normalized spacial score (nSPS) is 14.4. The van der Waals surface area contributed by atoms with Crippen molar-refractivity contribution in [1.82, 2.24) is 4.90 Å². The van der Waals surface area contributed by atoms with E-state index in [1.807, 2.05) is 30.3 Å². The Labute approximate surface area is 163 Å². The van der Waals surface area contributed by atoms with E-state index in [1.54, 1.807) is 29.2 Å². The van der Waals surface area contributed by atoms with Gasteiger partial charge in [0.2, 0.25) is 0 Å². The fourth-order valence-corrected chi connectivity index (χ4v) is 3.07. The Kier molecular flexibility index (Phi) is 6.26. The summed E-state index contributed by atoms with van der Waals surface area (Å²) in [6, 6.07) is 15.9. The largest absolute Gasteiger partial charge is 0.457 e. The van der Waals surface area contributed by atoms with Crippen LogP contribution in [0.2, 0.25) is 0 Å². The molecule has 1 heterocycles. The van der Waals surface area contributed by atoms with Crippen LogP contribution in [0.5, 0.6) is 5.75 Å². The van der Waals surface area contributed by atoms with Gasteiger partial charge in [-0.15, -0.1) is 0 Å². The summed E-state index contributed by atoms with van der Waals surface area (Å²) in [7, 11) is 0. The van der Waals surface area contributed by atoms with Crippen LogP contribution in [0.1, 0.15) is 28.8 Å². The molecule has 7 nitrogen and oxygen atoms in total. The summed E-state index contributed by atoms with van der Waals surface area (Å²) in [6.45, 7) is 1.22. The molecule has 1 aliphatic heterocycles. The van der Waals surface area contributed by atoms with E-state index >= 15 is 0 Å². The van der Waals surface area contributed by atoms with Gasteiger partial charge in [-0.05, 0) is 30.5 Å². The highest BCUT2D eigenvalue weighted by Gasteiger charge is 2.28. The number of benzene rings is 2. The van der Waals surface area contributed by atoms with Crippen molar-refractivity contribution in [3.05, 3.63) is 65.7 Å². The number of guanidine groups is 1. The third-order valence-electron chi connectivity index (χ3n) is 4.70. The van der Waals surface area contributed by atoms with Crippen LogP contribution >= 0.6 is 0 Å². The quantitative estimate of drug-likeness (QED) is 0.357. The standard InChI is InChI=1S/C21H23N3O4/c22-21(23)24-12-10-16(11-13-24)19(25)28-18-9-5-4-8-17(18)20(26)27-14-15-6-2-1-3-7-15/h1-9,16H,10-14H2,(H3,22,23). The van der Waals surface area contributed by atoms with Crippen molar-refractivity contribution in [3.8, 4) is 5.75 Å². The van der Waals surface area contributed by atoms with E-state index in [4.69, 9.17) is 20.6 Å². The number of nitrogens with one attached hydrogen (secondary N) is 1. The van der Waals surface area contributed by atoms with Gasteiger partial charge in [0.25, 0.3) is 0 Å². The van der Waals surface area contributed by atoms with Crippen molar-refractivity contribution in [2.75, 3.05) is 13.1 Å². The van der Waals surface area contributed by atoms with E-state index < -0.39 is 5.97 Å². The van der Waals surface area contributed by atoms with Crippen LogP contribution in [0.15, 0.2) is 54.6 Å². The van der Waals surface area contributed by atoms with Gasteiger partial charge in [-0.1, -0.05) is 42.5 Å². The average molecular weight is 381 g/mol. The van der Waals surface area contributed by atoms with Crippen LogP contribution in [0.3, 0.4) is 0 Å². The summed E-state index contributed by atoms with van der Waals surface area (Å²) < 4.78 is 10.9. The molecular formula is C21H23N3O4. The van der Waals surface area contributed by atoms with Gasteiger partial charge < -0.3 is 20.1 Å². The summed E-state index contributed by atoms with van der Waals surface area (Å²) in [5.41, 5.74) is 6.57. The molecule has 1 fully saturated rings. The maximum absolute atomic E-state index is 12.5. The number of piperidine rings is 1. The summed E-state index contributed by atoms with van der Waals surface area (Å²) in [5.74, 6) is -1.01. The molecule has 3 rings (SSSR count). The molecule has 0 atom stereocenters. The third-order valence-corrected chi connectivity index (χ3v) is 4.70. The molecule has 0 aromatic heterocycles. The maximum Gasteiger partial charge on any atom is 0.342 e. The Morgan fingerprint density at radius 1 is 1.04 bits per heavy atom. The van der Waals surface area contributed by atoms with Gasteiger partial charge in [-0.3, -0.25) is 10.2 Å². The van der Waals surface area contributed by atoms with Crippen LogP contribution in [0, 0.1) is 11.3 Å². The molecule has 28 heavy (non-hydrogen) atoms. The van der Waals surface area contributed by atoms with Gasteiger partial charge in [-0.2, -0.15) is 0 Å². The third kappa shape index (κ3) is 4.88. The van der Waals surface area contributed by atoms with E-state index in [0.717, 1.165) is 5.56 Å². The Morgan fingerprint density at radius 2 is 1.68 bits per heavy atom. The van der Waals surface area contributed by atoms with Crippen molar-refractivity contribution in [2.24, 2.45) is 11.7 Å². The predicted octanol–water partition coefficient (Wildman–Crippen LogP) is 2.55. The van der Waals surface area contributed by atoms with Crippen LogP contribution in [-0.2, 0) is 16.1 Å². The van der Waals surface area contributed by atoms with Gasteiger partial charge in [0.05, 0.1) is 5.92 Å². The first-order chi connectivity index (χ1) is 13.5. The van der Waals surface area contributed by atoms with Crippen molar-refractivity contribution >= 4 is 17.9 Å². The zero-order chi connectivity index (χ0) is 19.9. The van der Waals surface area contributed by atoms with Crippen molar-refractivity contribution < 1.29 is 19.1 Å². The molecule has 3 N–H and O–H groups in total. The SMILES string of the molecule is N=C(N)N1CCC(C(=O)Oc2ccccc2C(=O)OCc2ccccc2)CC1.